The van der Waals surface area contributed by atoms with Crippen LogP contribution >= 0.6 is 0 Å². The summed E-state index contributed by atoms with van der Waals surface area (Å²) in [6, 6.07) is 0.430. The molecule has 1 fully saturated rings. The van der Waals surface area contributed by atoms with Crippen molar-refractivity contribution in [3.8, 4) is 0 Å². The molecular weight excluding hydrogens is 142 g/mol. The molecule has 1 heterocycles. The van der Waals surface area contributed by atoms with Crippen LogP contribution in [0.25, 0.3) is 0 Å². The quantitative estimate of drug-likeness (QED) is 0.615. The molecule has 0 aromatic rings. The van der Waals surface area contributed by atoms with E-state index in [1.165, 1.54) is 0 Å². The second-order valence-electron chi connectivity index (χ2n) is 3.56. The van der Waals surface area contributed by atoms with Crippen LogP contribution in [0.1, 0.15) is 20.3 Å². The Hall–Kier alpha value is -0.120. The molecule has 1 aliphatic rings. The Morgan fingerprint density at radius 2 is 2.36 bits per heavy atom. The van der Waals surface area contributed by atoms with Gasteiger partial charge in [0.25, 0.3) is 0 Å². The van der Waals surface area contributed by atoms with Crippen molar-refractivity contribution in [2.24, 2.45) is 0 Å². The fourth-order valence-electron chi connectivity index (χ4n) is 1.13. The number of hydrogen-bond donors (Lipinski definition) is 2. The van der Waals surface area contributed by atoms with Crippen molar-refractivity contribution in [2.45, 2.75) is 31.9 Å². The number of aliphatic hydroxyl groups is 1. The van der Waals surface area contributed by atoms with E-state index >= 15 is 0 Å². The van der Waals surface area contributed by atoms with Crippen LogP contribution in [0.5, 0.6) is 0 Å². The molecule has 1 unspecified atom stereocenters. The fourth-order valence-corrected chi connectivity index (χ4v) is 1.13. The first-order chi connectivity index (χ1) is 5.12. The lowest BCUT2D eigenvalue weighted by molar-refractivity contribution is 0.0256. The molecule has 0 spiro atoms. The predicted octanol–water partition coefficient (Wildman–Crippen LogP) is 0.136. The molecule has 0 aromatic carbocycles. The zero-order valence-corrected chi connectivity index (χ0v) is 7.26. The first kappa shape index (κ1) is 8.97. The minimum absolute atomic E-state index is 0.430. The largest absolute Gasteiger partial charge is 0.386 e. The van der Waals surface area contributed by atoms with E-state index in [0.29, 0.717) is 25.8 Å². The van der Waals surface area contributed by atoms with Crippen LogP contribution in [-0.2, 0) is 4.74 Å². The first-order valence-corrected chi connectivity index (χ1v) is 4.16. The summed E-state index contributed by atoms with van der Waals surface area (Å²) in [6.07, 6.45) is 0.757. The highest BCUT2D eigenvalue weighted by Gasteiger charge is 2.31. The number of nitrogens with one attached hydrogen (secondary N) is 1. The van der Waals surface area contributed by atoms with E-state index in [9.17, 15) is 5.11 Å². The van der Waals surface area contributed by atoms with E-state index in [-0.39, 0.29) is 0 Å². The summed E-state index contributed by atoms with van der Waals surface area (Å²) >= 11 is 0. The Morgan fingerprint density at radius 3 is 2.82 bits per heavy atom. The average Bonchev–Trinajstić information content (AvgIpc) is 2.33. The maximum absolute atomic E-state index is 9.75. The zero-order chi connectivity index (χ0) is 8.32. The molecule has 0 saturated carbocycles. The maximum atomic E-state index is 9.75. The number of rotatable bonds is 3. The molecule has 3 nitrogen and oxygen atoms in total. The van der Waals surface area contributed by atoms with E-state index < -0.39 is 5.60 Å². The summed E-state index contributed by atoms with van der Waals surface area (Å²) in [6.45, 7) is 5.95. The SMILES string of the molecule is CC(C)NCC1(O)CCOC1. The molecule has 1 rings (SSSR count). The van der Waals surface area contributed by atoms with Gasteiger partial charge in [-0.15, -0.1) is 0 Å². The summed E-state index contributed by atoms with van der Waals surface area (Å²) in [5, 5.41) is 13.0. The van der Waals surface area contributed by atoms with Gasteiger partial charge in [0.15, 0.2) is 0 Å². The highest BCUT2D eigenvalue weighted by atomic mass is 16.5. The molecule has 0 amide bonds. The predicted molar refractivity (Wildman–Crippen MR) is 43.5 cm³/mol. The third kappa shape index (κ3) is 2.77. The van der Waals surface area contributed by atoms with Gasteiger partial charge in [-0.25, -0.2) is 0 Å². The van der Waals surface area contributed by atoms with Crippen LogP contribution in [0.15, 0.2) is 0 Å². The molecule has 0 radical (unpaired) electrons. The molecule has 0 aromatic heterocycles. The van der Waals surface area contributed by atoms with E-state index in [1.807, 2.05) is 0 Å². The summed E-state index contributed by atoms with van der Waals surface area (Å²) < 4.78 is 5.10. The molecule has 1 atom stereocenters. The second kappa shape index (κ2) is 3.52. The van der Waals surface area contributed by atoms with Gasteiger partial charge < -0.3 is 15.2 Å². The highest BCUT2D eigenvalue weighted by Crippen LogP contribution is 2.16. The van der Waals surface area contributed by atoms with Crippen molar-refractivity contribution >= 4 is 0 Å². The summed E-state index contributed by atoms with van der Waals surface area (Å²) in [5.41, 5.74) is -0.607. The van der Waals surface area contributed by atoms with Gasteiger partial charge in [0.2, 0.25) is 0 Å². The van der Waals surface area contributed by atoms with Gasteiger partial charge in [-0.05, 0) is 0 Å². The Labute approximate surface area is 67.7 Å². The molecule has 3 heteroatoms. The third-order valence-corrected chi connectivity index (χ3v) is 1.92. The third-order valence-electron chi connectivity index (χ3n) is 1.92. The van der Waals surface area contributed by atoms with Crippen molar-refractivity contribution in [1.82, 2.24) is 5.32 Å². The lowest BCUT2D eigenvalue weighted by Gasteiger charge is -2.22. The number of ether oxygens (including phenoxy) is 1. The highest BCUT2D eigenvalue weighted by molar-refractivity contribution is 4.85. The molecule has 0 aliphatic carbocycles. The summed E-state index contributed by atoms with van der Waals surface area (Å²) in [5.74, 6) is 0. The zero-order valence-electron chi connectivity index (χ0n) is 7.26. The fraction of sp³-hybridized carbons (Fsp3) is 1.00. The van der Waals surface area contributed by atoms with Crippen molar-refractivity contribution in [3.63, 3.8) is 0 Å². The van der Waals surface area contributed by atoms with Crippen molar-refractivity contribution in [3.05, 3.63) is 0 Å². The molecule has 0 bridgehead atoms. The van der Waals surface area contributed by atoms with Gasteiger partial charge in [-0.3, -0.25) is 0 Å². The smallest absolute Gasteiger partial charge is 0.102 e. The van der Waals surface area contributed by atoms with E-state index in [0.717, 1.165) is 6.42 Å². The molecule has 11 heavy (non-hydrogen) atoms. The molecule has 1 saturated heterocycles. The molecular formula is C8H17NO2. The van der Waals surface area contributed by atoms with Crippen molar-refractivity contribution in [1.29, 1.82) is 0 Å². The Bertz CT molecular complexity index is 119. The monoisotopic (exact) mass is 159 g/mol. The molecule has 2 N–H and O–H groups in total. The lowest BCUT2D eigenvalue weighted by Crippen LogP contribution is -2.43. The minimum atomic E-state index is -0.607. The normalized spacial score (nSPS) is 31.6. The maximum Gasteiger partial charge on any atom is 0.102 e. The molecule has 1 aliphatic heterocycles. The second-order valence-corrected chi connectivity index (χ2v) is 3.56. The van der Waals surface area contributed by atoms with Crippen LogP contribution in [-0.4, -0.2) is 36.5 Å². The van der Waals surface area contributed by atoms with Crippen molar-refractivity contribution < 1.29 is 9.84 Å². The van der Waals surface area contributed by atoms with E-state index in [4.69, 9.17) is 4.74 Å². The van der Waals surface area contributed by atoms with Crippen LogP contribution < -0.4 is 5.32 Å². The van der Waals surface area contributed by atoms with Gasteiger partial charge in [0.05, 0.1) is 6.61 Å². The Morgan fingerprint density at radius 1 is 1.64 bits per heavy atom. The van der Waals surface area contributed by atoms with E-state index in [2.05, 4.69) is 19.2 Å². The van der Waals surface area contributed by atoms with Crippen LogP contribution in [0, 0.1) is 0 Å². The van der Waals surface area contributed by atoms with E-state index in [1.54, 1.807) is 0 Å². The lowest BCUT2D eigenvalue weighted by atomic mass is 10.0. The van der Waals surface area contributed by atoms with Gasteiger partial charge in [0.1, 0.15) is 5.60 Å². The van der Waals surface area contributed by atoms with Gasteiger partial charge in [-0.1, -0.05) is 13.8 Å². The Balaban J connectivity index is 2.23. The van der Waals surface area contributed by atoms with Gasteiger partial charge in [-0.2, -0.15) is 0 Å². The number of hydrogen-bond acceptors (Lipinski definition) is 3. The van der Waals surface area contributed by atoms with Crippen molar-refractivity contribution in [2.75, 3.05) is 19.8 Å². The van der Waals surface area contributed by atoms with Crippen LogP contribution in [0.3, 0.4) is 0 Å². The average molecular weight is 159 g/mol. The first-order valence-electron chi connectivity index (χ1n) is 4.16. The van der Waals surface area contributed by atoms with Crippen LogP contribution in [0.4, 0.5) is 0 Å². The topological polar surface area (TPSA) is 41.5 Å². The minimum Gasteiger partial charge on any atom is -0.386 e. The summed E-state index contributed by atoms with van der Waals surface area (Å²) in [4.78, 5) is 0. The van der Waals surface area contributed by atoms with Crippen LogP contribution in [0.2, 0.25) is 0 Å². The van der Waals surface area contributed by atoms with Gasteiger partial charge in [0, 0.05) is 25.6 Å². The summed E-state index contributed by atoms with van der Waals surface area (Å²) in [7, 11) is 0. The van der Waals surface area contributed by atoms with Gasteiger partial charge >= 0.3 is 0 Å². The Kier molecular flexibility index (Phi) is 2.87. The standard InChI is InChI=1S/C8H17NO2/c1-7(2)9-5-8(10)3-4-11-6-8/h7,9-10H,3-6H2,1-2H3. The molecule has 66 valence electrons.